The van der Waals surface area contributed by atoms with Crippen LogP contribution in [0.1, 0.15) is 10.4 Å². The Morgan fingerprint density at radius 2 is 1.00 bits per heavy atom. The van der Waals surface area contributed by atoms with Gasteiger partial charge in [-0.25, -0.2) is 4.79 Å². The first kappa shape index (κ1) is 40.6. The number of rotatable bonds is 11. The number of carboxylic acid groups (broad SMARTS) is 1. The van der Waals surface area contributed by atoms with Crippen molar-refractivity contribution in [2.24, 2.45) is 30.7 Å². The van der Waals surface area contributed by atoms with Crippen LogP contribution in [-0.2, 0) is 30.4 Å². The summed E-state index contributed by atoms with van der Waals surface area (Å²) in [4.78, 5) is 8.72. The molecule has 0 aliphatic rings. The van der Waals surface area contributed by atoms with E-state index < -0.39 is 90.3 Å². The number of phenols is 2. The number of hydrogen-bond donors (Lipinski definition) is 7. The Kier molecular flexibility index (Phi) is 10.9. The fourth-order valence-electron chi connectivity index (χ4n) is 5.32. The highest BCUT2D eigenvalue weighted by molar-refractivity contribution is 7.86. The van der Waals surface area contributed by atoms with E-state index in [0.717, 1.165) is 29.8 Å². The van der Waals surface area contributed by atoms with Gasteiger partial charge in [0.05, 0.1) is 38.7 Å². The predicted molar refractivity (Wildman–Crippen MR) is 205 cm³/mol. The van der Waals surface area contributed by atoms with Crippen LogP contribution in [0.2, 0.25) is 0 Å². The minimum Gasteiger partial charge on any atom is -0.507 e. The summed E-state index contributed by atoms with van der Waals surface area (Å²) in [5.41, 5.74) is 6.06. The number of anilines is 1. The molecule has 0 bridgehead atoms. The van der Waals surface area contributed by atoms with Gasteiger partial charge in [-0.05, 0) is 90.0 Å². The van der Waals surface area contributed by atoms with Crippen LogP contribution < -0.4 is 5.73 Å². The molecule has 0 saturated carbocycles. The van der Waals surface area contributed by atoms with E-state index in [9.17, 15) is 59.0 Å². The van der Waals surface area contributed by atoms with Gasteiger partial charge < -0.3 is 21.1 Å². The van der Waals surface area contributed by atoms with E-state index in [1.165, 1.54) is 30.3 Å². The molecule has 0 amide bonds. The topological polar surface area (TPSA) is 341 Å². The molecule has 6 aromatic rings. The summed E-state index contributed by atoms with van der Waals surface area (Å²) < 4.78 is 102. The van der Waals surface area contributed by atoms with Crippen molar-refractivity contribution in [2.45, 2.75) is 14.7 Å². The Bertz CT molecular complexity index is 3070. The zero-order valence-electron chi connectivity index (χ0n) is 28.8. The number of nitrogens with two attached hydrogens (primary N) is 1. The number of aromatic hydroxyl groups is 2. The zero-order chi connectivity index (χ0) is 42.2. The van der Waals surface area contributed by atoms with E-state index in [-0.39, 0.29) is 22.6 Å². The second kappa shape index (κ2) is 15.5. The summed E-state index contributed by atoms with van der Waals surface area (Å²) in [7, 11) is -15.0. The van der Waals surface area contributed by atoms with Crippen LogP contribution in [0.15, 0.2) is 149 Å². The van der Waals surface area contributed by atoms with Crippen molar-refractivity contribution < 1.29 is 59.0 Å². The monoisotopic (exact) mass is 847 g/mol. The summed E-state index contributed by atoms with van der Waals surface area (Å²) in [6, 6.07) is 22.3. The van der Waals surface area contributed by atoms with Crippen LogP contribution in [0.3, 0.4) is 0 Å². The Morgan fingerprint density at radius 1 is 0.534 bits per heavy atom. The largest absolute Gasteiger partial charge is 0.507 e. The lowest BCUT2D eigenvalue weighted by molar-refractivity contribution is 0.0693. The maximum absolute atomic E-state index is 12.5. The fraction of sp³-hybridized carbons (Fsp3) is 0. The number of benzene rings is 6. The Hall–Kier alpha value is -7.02. The predicted octanol–water partition coefficient (Wildman–Crippen LogP) is 8.18. The molecule has 8 N–H and O–H groups in total. The Balaban J connectivity index is 1.31. The van der Waals surface area contributed by atoms with Crippen LogP contribution in [0.25, 0.3) is 21.9 Å². The standard InChI is InChI=1S/C35H25N7O13S3/c36-32-31-26(16-30(58(53,54)55)33(32)42-39-22-9-12-24(13-10-22)56(47,48)49)29(57(50,51)52)17-27(34(31)44)41-38-21-7-3-19(4-8-21)18-1-5-20(6-2-18)37-40-23-11-14-28(43)25(15-23)35(45)46/h1-17,43-44H,36H2,(H,45,46)(H,47,48,49)(H,50,51,52)(H,53,54,55). The number of azo groups is 3. The smallest absolute Gasteiger partial charge is 0.339 e. The van der Waals surface area contributed by atoms with Gasteiger partial charge in [-0.15, -0.1) is 10.2 Å². The van der Waals surface area contributed by atoms with Gasteiger partial charge in [0.2, 0.25) is 0 Å². The second-order valence-corrected chi connectivity index (χ2v) is 16.1. The minimum absolute atomic E-state index is 0.0889. The molecule has 0 aliphatic carbocycles. The van der Waals surface area contributed by atoms with Gasteiger partial charge in [0.1, 0.15) is 32.5 Å². The van der Waals surface area contributed by atoms with Crippen LogP contribution in [0.4, 0.5) is 39.8 Å². The highest BCUT2D eigenvalue weighted by Crippen LogP contribution is 2.48. The maximum Gasteiger partial charge on any atom is 0.339 e. The molecule has 0 fully saturated rings. The summed E-state index contributed by atoms with van der Waals surface area (Å²) >= 11 is 0. The maximum atomic E-state index is 12.5. The number of fused-ring (bicyclic) bond motifs is 1. The van der Waals surface area contributed by atoms with Crippen molar-refractivity contribution in [3.63, 3.8) is 0 Å². The van der Waals surface area contributed by atoms with Gasteiger partial charge in [0.25, 0.3) is 30.4 Å². The normalized spacial score (nSPS) is 12.6. The average molecular weight is 848 g/mol. The molecule has 0 unspecified atom stereocenters. The number of aromatic carboxylic acids is 1. The van der Waals surface area contributed by atoms with Crippen LogP contribution in [-0.4, -0.2) is 60.2 Å². The van der Waals surface area contributed by atoms with E-state index in [1.54, 1.807) is 36.4 Å². The van der Waals surface area contributed by atoms with Crippen molar-refractivity contribution >= 4 is 86.9 Å². The number of phenolic OH excluding ortho intramolecular Hbond substituents is 1. The van der Waals surface area contributed by atoms with E-state index in [1.807, 2.05) is 0 Å². The molecule has 6 aromatic carbocycles. The third-order valence-electron chi connectivity index (χ3n) is 8.10. The molecule has 0 aromatic heterocycles. The third-order valence-corrected chi connectivity index (χ3v) is 10.7. The SMILES string of the molecule is Nc1c(N=Nc2ccc(S(=O)(=O)O)cc2)c(S(=O)(=O)O)cc2c(S(=O)(=O)O)cc(N=Nc3ccc(-c4ccc(N=Nc5ccc(O)c(C(=O)O)c5)cc4)cc3)c(O)c12. The molecule has 23 heteroatoms. The van der Waals surface area contributed by atoms with Gasteiger partial charge in [0.15, 0.2) is 5.75 Å². The van der Waals surface area contributed by atoms with Gasteiger partial charge in [-0.3, -0.25) is 13.7 Å². The molecule has 6 rings (SSSR count). The van der Waals surface area contributed by atoms with E-state index in [0.29, 0.717) is 23.4 Å². The van der Waals surface area contributed by atoms with Crippen molar-refractivity contribution in [3.05, 3.63) is 109 Å². The van der Waals surface area contributed by atoms with Crippen molar-refractivity contribution in [1.82, 2.24) is 0 Å². The number of nitrogens with zero attached hydrogens (tertiary/aromatic N) is 6. The molecular weight excluding hydrogens is 823 g/mol. The Morgan fingerprint density at radius 3 is 1.50 bits per heavy atom. The third kappa shape index (κ3) is 8.83. The van der Waals surface area contributed by atoms with Crippen molar-refractivity contribution in [1.29, 1.82) is 0 Å². The zero-order valence-corrected chi connectivity index (χ0v) is 31.3. The fourth-order valence-corrected chi connectivity index (χ4v) is 7.16. The molecule has 0 atom stereocenters. The summed E-state index contributed by atoms with van der Waals surface area (Å²) in [5.74, 6) is -2.56. The summed E-state index contributed by atoms with van der Waals surface area (Å²) in [5, 5.41) is 52.4. The molecule has 58 heavy (non-hydrogen) atoms. The molecule has 0 heterocycles. The first-order valence-corrected chi connectivity index (χ1v) is 20.2. The molecular formula is C35H25N7O13S3. The van der Waals surface area contributed by atoms with E-state index >= 15 is 0 Å². The highest BCUT2D eigenvalue weighted by Gasteiger charge is 2.28. The van der Waals surface area contributed by atoms with Crippen molar-refractivity contribution in [2.75, 3.05) is 5.73 Å². The average Bonchev–Trinajstić information content (AvgIpc) is 3.16. The molecule has 0 saturated heterocycles. The van der Waals surface area contributed by atoms with Crippen LogP contribution in [0.5, 0.6) is 11.5 Å². The van der Waals surface area contributed by atoms with Crippen LogP contribution in [0, 0.1) is 0 Å². The molecule has 0 spiro atoms. The minimum atomic E-state index is -5.23. The van der Waals surface area contributed by atoms with Gasteiger partial charge >= 0.3 is 5.97 Å². The Labute approximate surface area is 327 Å². The number of hydrogen-bond acceptors (Lipinski definition) is 16. The molecule has 0 radical (unpaired) electrons. The van der Waals surface area contributed by atoms with Crippen molar-refractivity contribution in [3.8, 4) is 22.6 Å². The quantitative estimate of drug-likeness (QED) is 0.0367. The lowest BCUT2D eigenvalue weighted by Crippen LogP contribution is -2.05. The van der Waals surface area contributed by atoms with Gasteiger partial charge in [-0.2, -0.15) is 45.7 Å². The summed E-state index contributed by atoms with van der Waals surface area (Å²) in [6.07, 6.45) is 0. The highest BCUT2D eigenvalue weighted by atomic mass is 32.2. The molecule has 0 aliphatic heterocycles. The number of carbonyl (C=O) groups is 1. The van der Waals surface area contributed by atoms with E-state index in [4.69, 9.17) is 5.73 Å². The molecule has 296 valence electrons. The van der Waals surface area contributed by atoms with Gasteiger partial charge in [-0.1, -0.05) is 24.3 Å². The first-order chi connectivity index (χ1) is 27.2. The number of carboxylic acids is 1. The van der Waals surface area contributed by atoms with Crippen LogP contribution >= 0.6 is 0 Å². The summed E-state index contributed by atoms with van der Waals surface area (Å²) in [6.45, 7) is 0. The lowest BCUT2D eigenvalue weighted by Gasteiger charge is -2.14. The number of nitrogen functional groups attached to an aromatic ring is 1. The molecule has 20 nitrogen and oxygen atoms in total. The lowest BCUT2D eigenvalue weighted by atomic mass is 10.0. The van der Waals surface area contributed by atoms with E-state index in [2.05, 4.69) is 30.7 Å². The van der Waals surface area contributed by atoms with Gasteiger partial charge in [0, 0.05) is 5.39 Å². The first-order valence-electron chi connectivity index (χ1n) is 15.9. The second-order valence-electron chi connectivity index (χ2n) is 11.9.